The van der Waals surface area contributed by atoms with Crippen molar-refractivity contribution in [2.24, 2.45) is 10.1 Å². The first-order valence-corrected chi connectivity index (χ1v) is 8.12. The lowest BCUT2D eigenvalue weighted by atomic mass is 10.0. The summed E-state index contributed by atoms with van der Waals surface area (Å²) in [7, 11) is 0. The lowest BCUT2D eigenvalue weighted by Gasteiger charge is -2.14. The number of hydrogen-bond donors (Lipinski definition) is 0. The van der Waals surface area contributed by atoms with Crippen LogP contribution in [0.3, 0.4) is 0 Å². The molecule has 0 aliphatic carbocycles. The smallest absolute Gasteiger partial charge is 0.0733 e. The fourth-order valence-electron chi connectivity index (χ4n) is 2.75. The van der Waals surface area contributed by atoms with Crippen LogP contribution in [0.15, 0.2) is 95.0 Å². The summed E-state index contributed by atoms with van der Waals surface area (Å²) in [5.74, 6) is 0. The molecule has 0 bridgehead atoms. The van der Waals surface area contributed by atoms with E-state index in [-0.39, 0.29) is 6.04 Å². The summed E-state index contributed by atoms with van der Waals surface area (Å²) in [6, 6.07) is 27.6. The lowest BCUT2D eigenvalue weighted by molar-refractivity contribution is 0.821. The Balaban J connectivity index is 2.09. The standard InChI is InChI=1S/C21H18N4/c1-16(19-14-8-9-15-20(19)24-25-22)23-21(17-10-4-2-5-11-17)18-12-6-3-7-13-18/h2-16H,1H3. The molecule has 3 rings (SSSR count). The molecule has 0 N–H and O–H groups in total. The Bertz CT molecular complexity index is 869. The number of rotatable bonds is 5. The predicted molar refractivity (Wildman–Crippen MR) is 102 cm³/mol. The molecular formula is C21H18N4. The van der Waals surface area contributed by atoms with Gasteiger partial charge in [-0.25, -0.2) is 0 Å². The van der Waals surface area contributed by atoms with E-state index in [9.17, 15) is 0 Å². The number of aliphatic imine (C=N–C) groups is 1. The van der Waals surface area contributed by atoms with Gasteiger partial charge < -0.3 is 0 Å². The molecule has 4 heteroatoms. The summed E-state index contributed by atoms with van der Waals surface area (Å²) in [5, 5.41) is 3.79. The molecular weight excluding hydrogens is 308 g/mol. The highest BCUT2D eigenvalue weighted by atomic mass is 15.1. The average molecular weight is 326 g/mol. The second-order valence-electron chi connectivity index (χ2n) is 5.63. The zero-order valence-electron chi connectivity index (χ0n) is 13.9. The van der Waals surface area contributed by atoms with Crippen molar-refractivity contribution in [2.45, 2.75) is 13.0 Å². The van der Waals surface area contributed by atoms with Gasteiger partial charge in [-0.1, -0.05) is 90.0 Å². The third-order valence-electron chi connectivity index (χ3n) is 3.96. The molecule has 0 spiro atoms. The van der Waals surface area contributed by atoms with Gasteiger partial charge in [0.1, 0.15) is 0 Å². The van der Waals surface area contributed by atoms with E-state index in [1.165, 1.54) is 0 Å². The molecule has 0 fully saturated rings. The molecule has 0 heterocycles. The zero-order valence-corrected chi connectivity index (χ0v) is 13.9. The van der Waals surface area contributed by atoms with Crippen LogP contribution in [-0.2, 0) is 0 Å². The zero-order chi connectivity index (χ0) is 17.5. The van der Waals surface area contributed by atoms with Crippen molar-refractivity contribution < 1.29 is 0 Å². The molecule has 0 aromatic heterocycles. The van der Waals surface area contributed by atoms with Gasteiger partial charge in [-0.2, -0.15) is 0 Å². The van der Waals surface area contributed by atoms with Gasteiger partial charge in [0.05, 0.1) is 11.8 Å². The summed E-state index contributed by atoms with van der Waals surface area (Å²) >= 11 is 0. The van der Waals surface area contributed by atoms with Crippen LogP contribution in [-0.4, -0.2) is 5.71 Å². The minimum atomic E-state index is -0.142. The first-order chi connectivity index (χ1) is 12.3. The van der Waals surface area contributed by atoms with Crippen molar-refractivity contribution in [3.8, 4) is 0 Å². The SMILES string of the molecule is CC(N=C(c1ccccc1)c1ccccc1)c1ccccc1N=[N+]=[N-]. The number of hydrogen-bond acceptors (Lipinski definition) is 2. The van der Waals surface area contributed by atoms with Crippen LogP contribution in [0, 0.1) is 0 Å². The Morgan fingerprint density at radius 3 is 1.88 bits per heavy atom. The van der Waals surface area contributed by atoms with E-state index in [1.54, 1.807) is 0 Å². The van der Waals surface area contributed by atoms with E-state index in [4.69, 9.17) is 10.5 Å². The highest BCUT2D eigenvalue weighted by molar-refractivity contribution is 6.13. The second-order valence-corrected chi connectivity index (χ2v) is 5.63. The quantitative estimate of drug-likeness (QED) is 0.231. The van der Waals surface area contributed by atoms with Crippen LogP contribution in [0.5, 0.6) is 0 Å². The van der Waals surface area contributed by atoms with Gasteiger partial charge in [-0.15, -0.1) is 0 Å². The van der Waals surface area contributed by atoms with Crippen LogP contribution < -0.4 is 0 Å². The fourth-order valence-corrected chi connectivity index (χ4v) is 2.75. The Hall–Kier alpha value is -3.36. The monoisotopic (exact) mass is 326 g/mol. The van der Waals surface area contributed by atoms with E-state index in [2.05, 4.69) is 34.3 Å². The molecule has 0 saturated heterocycles. The maximum Gasteiger partial charge on any atom is 0.0733 e. The van der Waals surface area contributed by atoms with Gasteiger partial charge in [0.25, 0.3) is 0 Å². The highest BCUT2D eigenvalue weighted by Gasteiger charge is 2.12. The van der Waals surface area contributed by atoms with Crippen molar-refractivity contribution in [3.05, 3.63) is 112 Å². The van der Waals surface area contributed by atoms with Crippen LogP contribution in [0.2, 0.25) is 0 Å². The van der Waals surface area contributed by atoms with E-state index < -0.39 is 0 Å². The van der Waals surface area contributed by atoms with Crippen LogP contribution in [0.4, 0.5) is 5.69 Å². The molecule has 1 atom stereocenters. The Kier molecular flexibility index (Phi) is 5.25. The van der Waals surface area contributed by atoms with Gasteiger partial charge in [0.15, 0.2) is 0 Å². The minimum absolute atomic E-state index is 0.142. The van der Waals surface area contributed by atoms with E-state index in [0.29, 0.717) is 5.69 Å². The molecule has 0 aliphatic rings. The van der Waals surface area contributed by atoms with Crippen molar-refractivity contribution in [1.29, 1.82) is 0 Å². The second kappa shape index (κ2) is 7.95. The predicted octanol–water partition coefficient (Wildman–Crippen LogP) is 6.23. The minimum Gasteiger partial charge on any atom is -0.276 e. The molecule has 0 radical (unpaired) electrons. The topological polar surface area (TPSA) is 61.1 Å². The van der Waals surface area contributed by atoms with Crippen LogP contribution >= 0.6 is 0 Å². The molecule has 0 saturated carbocycles. The van der Waals surface area contributed by atoms with Gasteiger partial charge in [0.2, 0.25) is 0 Å². The molecule has 3 aromatic carbocycles. The van der Waals surface area contributed by atoms with Crippen molar-refractivity contribution >= 4 is 11.4 Å². The van der Waals surface area contributed by atoms with Gasteiger partial charge in [-0.3, -0.25) is 4.99 Å². The Morgan fingerprint density at radius 2 is 1.32 bits per heavy atom. The number of benzene rings is 3. The van der Waals surface area contributed by atoms with E-state index >= 15 is 0 Å². The largest absolute Gasteiger partial charge is 0.276 e. The molecule has 1 unspecified atom stereocenters. The Morgan fingerprint density at radius 1 is 0.800 bits per heavy atom. The van der Waals surface area contributed by atoms with Gasteiger partial charge in [-0.05, 0) is 18.0 Å². The molecule has 0 aliphatic heterocycles. The van der Waals surface area contributed by atoms with Crippen LogP contribution in [0.1, 0.15) is 29.7 Å². The normalized spacial score (nSPS) is 11.2. The van der Waals surface area contributed by atoms with E-state index in [0.717, 1.165) is 22.4 Å². The summed E-state index contributed by atoms with van der Waals surface area (Å²) < 4.78 is 0. The molecule has 0 amide bonds. The Labute approximate surface area is 147 Å². The first kappa shape index (κ1) is 16.5. The van der Waals surface area contributed by atoms with E-state index in [1.807, 2.05) is 67.6 Å². The fraction of sp³-hybridized carbons (Fsp3) is 0.0952. The molecule has 3 aromatic rings. The molecule has 25 heavy (non-hydrogen) atoms. The summed E-state index contributed by atoms with van der Waals surface area (Å²) in [5.41, 5.74) is 13.3. The number of nitrogens with zero attached hydrogens (tertiary/aromatic N) is 4. The van der Waals surface area contributed by atoms with Gasteiger partial charge in [0, 0.05) is 21.7 Å². The number of azide groups is 1. The first-order valence-electron chi connectivity index (χ1n) is 8.12. The maximum atomic E-state index is 8.79. The maximum absolute atomic E-state index is 8.79. The third kappa shape index (κ3) is 3.94. The third-order valence-corrected chi connectivity index (χ3v) is 3.96. The molecule has 4 nitrogen and oxygen atoms in total. The van der Waals surface area contributed by atoms with Gasteiger partial charge >= 0.3 is 0 Å². The van der Waals surface area contributed by atoms with Crippen molar-refractivity contribution in [3.63, 3.8) is 0 Å². The highest BCUT2D eigenvalue weighted by Crippen LogP contribution is 2.29. The van der Waals surface area contributed by atoms with Crippen LogP contribution in [0.25, 0.3) is 10.4 Å². The van der Waals surface area contributed by atoms with Crippen molar-refractivity contribution in [2.75, 3.05) is 0 Å². The molecule has 122 valence electrons. The summed E-state index contributed by atoms with van der Waals surface area (Å²) in [6.45, 7) is 2.01. The lowest BCUT2D eigenvalue weighted by Crippen LogP contribution is -2.05. The summed E-state index contributed by atoms with van der Waals surface area (Å²) in [6.07, 6.45) is 0. The van der Waals surface area contributed by atoms with Crippen molar-refractivity contribution in [1.82, 2.24) is 0 Å². The summed E-state index contributed by atoms with van der Waals surface area (Å²) in [4.78, 5) is 7.88. The average Bonchev–Trinajstić information content (AvgIpc) is 2.68.